The highest BCUT2D eigenvalue weighted by Gasteiger charge is 2.29. The number of nitrogens with zero attached hydrogens (tertiary/aromatic N) is 1. The maximum Gasteiger partial charge on any atom is 0.229 e. The molecular formula is C14H16N2OS. The summed E-state index contributed by atoms with van der Waals surface area (Å²) in [6.45, 7) is 2.01. The summed E-state index contributed by atoms with van der Waals surface area (Å²) < 4.78 is 0. The molecule has 0 spiro atoms. The van der Waals surface area contributed by atoms with E-state index in [2.05, 4.69) is 11.4 Å². The Balaban J connectivity index is 2.06. The van der Waals surface area contributed by atoms with E-state index in [1.165, 1.54) is 4.90 Å². The van der Waals surface area contributed by atoms with Crippen LogP contribution in [0.1, 0.15) is 31.2 Å². The topological polar surface area (TPSA) is 52.9 Å². The molecule has 1 amide bonds. The van der Waals surface area contributed by atoms with Crippen LogP contribution in [0.3, 0.4) is 0 Å². The lowest BCUT2D eigenvalue weighted by Crippen LogP contribution is -2.37. The van der Waals surface area contributed by atoms with Gasteiger partial charge in [0.25, 0.3) is 0 Å². The molecule has 0 fully saturated rings. The van der Waals surface area contributed by atoms with Crippen LogP contribution in [0.15, 0.2) is 29.2 Å². The van der Waals surface area contributed by atoms with Crippen LogP contribution in [0.5, 0.6) is 0 Å². The number of carbonyl (C=O) groups is 1. The molecule has 2 unspecified atom stereocenters. The second-order valence-corrected chi connectivity index (χ2v) is 5.44. The molecule has 1 N–H and O–H groups in total. The third kappa shape index (κ3) is 2.68. The number of rotatable bonds is 4. The van der Waals surface area contributed by atoms with E-state index in [1.54, 1.807) is 11.8 Å². The molecule has 0 aromatic heterocycles. The summed E-state index contributed by atoms with van der Waals surface area (Å²) in [6.07, 6.45) is 1.61. The highest BCUT2D eigenvalue weighted by atomic mass is 32.2. The zero-order valence-electron chi connectivity index (χ0n) is 10.3. The molecule has 0 saturated heterocycles. The Hall–Kier alpha value is -1.47. The highest BCUT2D eigenvalue weighted by Crippen LogP contribution is 2.39. The molecule has 1 aliphatic heterocycles. The SMILES string of the molecule is CCCC(C#N)NC(=O)C1CSc2ccccc21. The van der Waals surface area contributed by atoms with Gasteiger partial charge in [-0.15, -0.1) is 11.8 Å². The lowest BCUT2D eigenvalue weighted by Gasteiger charge is -2.15. The van der Waals surface area contributed by atoms with E-state index in [4.69, 9.17) is 5.26 Å². The average molecular weight is 260 g/mol. The number of benzene rings is 1. The number of nitrogens with one attached hydrogen (secondary N) is 1. The molecule has 0 bridgehead atoms. The summed E-state index contributed by atoms with van der Waals surface area (Å²) >= 11 is 1.71. The van der Waals surface area contributed by atoms with E-state index in [1.807, 2.05) is 31.2 Å². The fraction of sp³-hybridized carbons (Fsp3) is 0.429. The number of hydrogen-bond acceptors (Lipinski definition) is 3. The van der Waals surface area contributed by atoms with Crippen molar-refractivity contribution in [3.63, 3.8) is 0 Å². The summed E-state index contributed by atoms with van der Waals surface area (Å²) in [5, 5.41) is 11.8. The largest absolute Gasteiger partial charge is 0.340 e. The van der Waals surface area contributed by atoms with Crippen molar-refractivity contribution in [1.82, 2.24) is 5.32 Å². The van der Waals surface area contributed by atoms with Gasteiger partial charge in [-0.2, -0.15) is 5.26 Å². The van der Waals surface area contributed by atoms with E-state index >= 15 is 0 Å². The van der Waals surface area contributed by atoms with Crippen LogP contribution in [-0.4, -0.2) is 17.7 Å². The third-order valence-corrected chi connectivity index (χ3v) is 4.25. The number of amides is 1. The average Bonchev–Trinajstić information content (AvgIpc) is 2.82. The maximum atomic E-state index is 12.2. The number of fused-ring (bicyclic) bond motifs is 1. The van der Waals surface area contributed by atoms with Gasteiger partial charge in [0.2, 0.25) is 5.91 Å². The molecule has 3 nitrogen and oxygen atoms in total. The molecule has 4 heteroatoms. The van der Waals surface area contributed by atoms with Crippen molar-refractivity contribution >= 4 is 17.7 Å². The first-order valence-electron chi connectivity index (χ1n) is 6.18. The van der Waals surface area contributed by atoms with Crippen molar-refractivity contribution in [1.29, 1.82) is 5.26 Å². The van der Waals surface area contributed by atoms with Gasteiger partial charge in [-0.3, -0.25) is 4.79 Å². The zero-order valence-corrected chi connectivity index (χ0v) is 11.2. The molecule has 18 heavy (non-hydrogen) atoms. The second-order valence-electron chi connectivity index (χ2n) is 4.38. The summed E-state index contributed by atoms with van der Waals surface area (Å²) in [7, 11) is 0. The fourth-order valence-corrected chi connectivity index (χ4v) is 3.34. The van der Waals surface area contributed by atoms with Gasteiger partial charge < -0.3 is 5.32 Å². The molecule has 0 saturated carbocycles. The molecule has 2 atom stereocenters. The van der Waals surface area contributed by atoms with Crippen molar-refractivity contribution in [3.05, 3.63) is 29.8 Å². The highest BCUT2D eigenvalue weighted by molar-refractivity contribution is 7.99. The normalized spacial score (nSPS) is 18.8. The molecule has 2 rings (SSSR count). The third-order valence-electron chi connectivity index (χ3n) is 3.07. The van der Waals surface area contributed by atoms with Crippen molar-refractivity contribution in [2.24, 2.45) is 0 Å². The minimum absolute atomic E-state index is 0.0209. The number of carbonyl (C=O) groups excluding carboxylic acids is 1. The molecule has 0 radical (unpaired) electrons. The van der Waals surface area contributed by atoms with Crippen molar-refractivity contribution in [3.8, 4) is 6.07 Å². The van der Waals surface area contributed by atoms with Crippen LogP contribution in [0.25, 0.3) is 0 Å². The van der Waals surface area contributed by atoms with Crippen LogP contribution in [0.2, 0.25) is 0 Å². The van der Waals surface area contributed by atoms with Gasteiger partial charge in [0.15, 0.2) is 0 Å². The van der Waals surface area contributed by atoms with Gasteiger partial charge in [-0.05, 0) is 18.1 Å². The van der Waals surface area contributed by atoms with E-state index in [-0.39, 0.29) is 17.9 Å². The number of thioether (sulfide) groups is 1. The Morgan fingerprint density at radius 1 is 1.61 bits per heavy atom. The van der Waals surface area contributed by atoms with Gasteiger partial charge >= 0.3 is 0 Å². The molecule has 1 aliphatic rings. The quantitative estimate of drug-likeness (QED) is 0.905. The van der Waals surface area contributed by atoms with Gasteiger partial charge in [0, 0.05) is 10.6 Å². The predicted octanol–water partition coefficient (Wildman–Crippen LogP) is 2.68. The van der Waals surface area contributed by atoms with Crippen molar-refractivity contribution in [2.75, 3.05) is 5.75 Å². The van der Waals surface area contributed by atoms with Crippen LogP contribution in [0, 0.1) is 11.3 Å². The minimum Gasteiger partial charge on any atom is -0.340 e. The lowest BCUT2D eigenvalue weighted by molar-refractivity contribution is -0.122. The summed E-state index contributed by atoms with van der Waals surface area (Å²) in [4.78, 5) is 13.4. The lowest BCUT2D eigenvalue weighted by atomic mass is 10.00. The first-order chi connectivity index (χ1) is 8.76. The summed E-state index contributed by atoms with van der Waals surface area (Å²) in [5.74, 6) is 0.640. The van der Waals surface area contributed by atoms with E-state index in [9.17, 15) is 4.79 Å². The number of nitriles is 1. The first-order valence-corrected chi connectivity index (χ1v) is 7.16. The molecule has 94 valence electrons. The smallest absolute Gasteiger partial charge is 0.229 e. The van der Waals surface area contributed by atoms with Gasteiger partial charge in [0.1, 0.15) is 6.04 Å². The zero-order chi connectivity index (χ0) is 13.0. The maximum absolute atomic E-state index is 12.2. The fourth-order valence-electron chi connectivity index (χ4n) is 2.11. The number of hydrogen-bond donors (Lipinski definition) is 1. The molecule has 1 heterocycles. The Kier molecular flexibility index (Phi) is 4.27. The van der Waals surface area contributed by atoms with Gasteiger partial charge in [-0.25, -0.2) is 0 Å². The van der Waals surface area contributed by atoms with Crippen LogP contribution in [0.4, 0.5) is 0 Å². The van der Waals surface area contributed by atoms with Crippen LogP contribution >= 0.6 is 11.8 Å². The Labute approximate surface area is 112 Å². The van der Waals surface area contributed by atoms with Crippen LogP contribution < -0.4 is 5.32 Å². The van der Waals surface area contributed by atoms with E-state index in [0.29, 0.717) is 6.42 Å². The van der Waals surface area contributed by atoms with Crippen molar-refractivity contribution < 1.29 is 4.79 Å². The van der Waals surface area contributed by atoms with Gasteiger partial charge in [0.05, 0.1) is 12.0 Å². The Morgan fingerprint density at radius 2 is 2.39 bits per heavy atom. The Morgan fingerprint density at radius 3 is 3.11 bits per heavy atom. The second kappa shape index (κ2) is 5.92. The summed E-state index contributed by atoms with van der Waals surface area (Å²) in [5.41, 5.74) is 1.09. The molecule has 1 aromatic rings. The van der Waals surface area contributed by atoms with Gasteiger partial charge in [-0.1, -0.05) is 31.5 Å². The standard InChI is InChI=1S/C14H16N2OS/c1-2-5-10(8-15)16-14(17)12-9-18-13-7-4-3-6-11(12)13/h3-4,6-7,10,12H,2,5,9H2,1H3,(H,16,17). The summed E-state index contributed by atoms with van der Waals surface area (Å²) in [6, 6.07) is 9.77. The Bertz CT molecular complexity index is 481. The van der Waals surface area contributed by atoms with E-state index < -0.39 is 0 Å². The monoisotopic (exact) mass is 260 g/mol. The molecular weight excluding hydrogens is 244 g/mol. The molecule has 0 aliphatic carbocycles. The first kappa shape index (κ1) is 13.0. The van der Waals surface area contributed by atoms with Crippen LogP contribution in [-0.2, 0) is 4.79 Å². The van der Waals surface area contributed by atoms with Crippen molar-refractivity contribution in [2.45, 2.75) is 36.6 Å². The molecule has 1 aromatic carbocycles. The van der Waals surface area contributed by atoms with E-state index in [0.717, 1.165) is 17.7 Å². The predicted molar refractivity (Wildman–Crippen MR) is 72.4 cm³/mol. The minimum atomic E-state index is -0.361.